The van der Waals surface area contributed by atoms with Crippen LogP contribution in [0.2, 0.25) is 5.02 Å². The third-order valence-electron chi connectivity index (χ3n) is 3.47. The molecule has 0 aromatic heterocycles. The lowest BCUT2D eigenvalue weighted by Gasteiger charge is -2.11. The van der Waals surface area contributed by atoms with E-state index in [9.17, 15) is 4.39 Å². The Hall–Kier alpha value is -1.54. The van der Waals surface area contributed by atoms with Gasteiger partial charge in [0.1, 0.15) is 5.82 Å². The molecular formula is C16H15ClFN. The molecule has 3 rings (SSSR count). The molecule has 0 saturated heterocycles. The van der Waals surface area contributed by atoms with E-state index in [1.54, 1.807) is 12.1 Å². The van der Waals surface area contributed by atoms with Crippen molar-refractivity contribution in [3.8, 4) is 0 Å². The van der Waals surface area contributed by atoms with Gasteiger partial charge in [0, 0.05) is 11.6 Å². The summed E-state index contributed by atoms with van der Waals surface area (Å²) in [5.74, 6) is 0.393. The van der Waals surface area contributed by atoms with Crippen LogP contribution in [-0.4, -0.2) is 0 Å². The van der Waals surface area contributed by atoms with Crippen molar-refractivity contribution in [3.05, 3.63) is 64.4 Å². The number of benzene rings is 2. The monoisotopic (exact) mass is 275 g/mol. The molecule has 1 saturated carbocycles. The van der Waals surface area contributed by atoms with Crippen molar-refractivity contribution in [1.29, 1.82) is 0 Å². The maximum atomic E-state index is 13.7. The zero-order valence-electron chi connectivity index (χ0n) is 10.5. The average molecular weight is 276 g/mol. The van der Waals surface area contributed by atoms with Crippen LogP contribution in [0, 0.1) is 5.82 Å². The first kappa shape index (κ1) is 12.5. The van der Waals surface area contributed by atoms with E-state index < -0.39 is 0 Å². The fourth-order valence-electron chi connectivity index (χ4n) is 2.31. The van der Waals surface area contributed by atoms with E-state index in [1.165, 1.54) is 30.0 Å². The number of nitrogens with one attached hydrogen (secondary N) is 1. The van der Waals surface area contributed by atoms with Gasteiger partial charge in [-0.15, -0.1) is 0 Å². The summed E-state index contributed by atoms with van der Waals surface area (Å²) in [6.07, 6.45) is 2.54. The van der Waals surface area contributed by atoms with Crippen molar-refractivity contribution in [2.75, 3.05) is 5.32 Å². The fraction of sp³-hybridized carbons (Fsp3) is 0.250. The molecule has 1 nitrogen and oxygen atoms in total. The quantitative estimate of drug-likeness (QED) is 0.831. The standard InChI is InChI=1S/C16H15ClFN/c17-13-7-8-16(15(18)9-13)19-10-12-3-1-2-4-14(12)11-5-6-11/h1-4,7-9,11,19H,5-6,10H2. The van der Waals surface area contributed by atoms with E-state index in [0.29, 0.717) is 23.2 Å². The summed E-state index contributed by atoms with van der Waals surface area (Å²) in [5, 5.41) is 3.56. The van der Waals surface area contributed by atoms with Crippen molar-refractivity contribution in [2.45, 2.75) is 25.3 Å². The van der Waals surface area contributed by atoms with Crippen LogP contribution in [0.1, 0.15) is 29.9 Å². The lowest BCUT2D eigenvalue weighted by atomic mass is 10.0. The smallest absolute Gasteiger partial charge is 0.147 e. The summed E-state index contributed by atoms with van der Waals surface area (Å²) in [5.41, 5.74) is 3.14. The molecule has 2 aromatic carbocycles. The SMILES string of the molecule is Fc1cc(Cl)ccc1NCc1ccccc1C1CC1. The first-order valence-corrected chi connectivity index (χ1v) is 6.88. The van der Waals surface area contributed by atoms with Gasteiger partial charge in [0.2, 0.25) is 0 Å². The summed E-state index contributed by atoms with van der Waals surface area (Å²) < 4.78 is 13.7. The summed E-state index contributed by atoms with van der Waals surface area (Å²) in [6.45, 7) is 0.644. The van der Waals surface area contributed by atoms with Crippen LogP contribution in [0.3, 0.4) is 0 Å². The maximum absolute atomic E-state index is 13.7. The highest BCUT2D eigenvalue weighted by Gasteiger charge is 2.25. The fourth-order valence-corrected chi connectivity index (χ4v) is 2.47. The van der Waals surface area contributed by atoms with Crippen LogP contribution in [0.15, 0.2) is 42.5 Å². The van der Waals surface area contributed by atoms with E-state index in [-0.39, 0.29) is 5.82 Å². The molecule has 0 aliphatic heterocycles. The predicted octanol–water partition coefficient (Wildman–Crippen LogP) is 4.97. The van der Waals surface area contributed by atoms with Gasteiger partial charge >= 0.3 is 0 Å². The first-order chi connectivity index (χ1) is 9.24. The highest BCUT2D eigenvalue weighted by atomic mass is 35.5. The first-order valence-electron chi connectivity index (χ1n) is 6.51. The topological polar surface area (TPSA) is 12.0 Å². The van der Waals surface area contributed by atoms with Gasteiger partial charge in [-0.3, -0.25) is 0 Å². The van der Waals surface area contributed by atoms with Crippen molar-refractivity contribution >= 4 is 17.3 Å². The Morgan fingerprint density at radius 3 is 2.68 bits per heavy atom. The summed E-state index contributed by atoms with van der Waals surface area (Å²) >= 11 is 5.74. The minimum absolute atomic E-state index is 0.309. The Labute approximate surface area is 117 Å². The van der Waals surface area contributed by atoms with Crippen LogP contribution < -0.4 is 5.32 Å². The van der Waals surface area contributed by atoms with Crippen molar-refractivity contribution in [1.82, 2.24) is 0 Å². The molecule has 0 bridgehead atoms. The van der Waals surface area contributed by atoms with Crippen LogP contribution in [0.25, 0.3) is 0 Å². The number of rotatable bonds is 4. The molecule has 2 aromatic rings. The van der Waals surface area contributed by atoms with Crippen molar-refractivity contribution < 1.29 is 4.39 Å². The third kappa shape index (κ3) is 2.90. The lowest BCUT2D eigenvalue weighted by molar-refractivity contribution is 0.630. The van der Waals surface area contributed by atoms with Crippen LogP contribution in [0.4, 0.5) is 10.1 Å². The molecule has 0 spiro atoms. The molecule has 0 radical (unpaired) electrons. The minimum Gasteiger partial charge on any atom is -0.379 e. The van der Waals surface area contributed by atoms with E-state index in [2.05, 4.69) is 23.5 Å². The zero-order valence-corrected chi connectivity index (χ0v) is 11.3. The Balaban J connectivity index is 1.75. The molecule has 0 atom stereocenters. The molecule has 1 aliphatic rings. The van der Waals surface area contributed by atoms with E-state index in [4.69, 9.17) is 11.6 Å². The van der Waals surface area contributed by atoms with Gasteiger partial charge in [-0.2, -0.15) is 0 Å². The second kappa shape index (κ2) is 5.22. The average Bonchev–Trinajstić information content (AvgIpc) is 3.22. The number of hydrogen-bond acceptors (Lipinski definition) is 1. The summed E-state index contributed by atoms with van der Waals surface area (Å²) in [6, 6.07) is 13.1. The molecular weight excluding hydrogens is 261 g/mol. The van der Waals surface area contributed by atoms with Gasteiger partial charge in [0.05, 0.1) is 5.69 Å². The maximum Gasteiger partial charge on any atom is 0.147 e. The number of halogens is 2. The Morgan fingerprint density at radius 1 is 1.16 bits per heavy atom. The van der Waals surface area contributed by atoms with Crippen LogP contribution >= 0.6 is 11.6 Å². The number of anilines is 1. The Bertz CT molecular complexity index is 593. The van der Waals surface area contributed by atoms with Crippen LogP contribution in [0.5, 0.6) is 0 Å². The largest absolute Gasteiger partial charge is 0.379 e. The van der Waals surface area contributed by atoms with Gasteiger partial charge in [0.15, 0.2) is 0 Å². The summed E-state index contributed by atoms with van der Waals surface area (Å²) in [7, 11) is 0. The van der Waals surface area contributed by atoms with Crippen molar-refractivity contribution in [3.63, 3.8) is 0 Å². The zero-order chi connectivity index (χ0) is 13.2. The minimum atomic E-state index is -0.309. The second-order valence-corrected chi connectivity index (χ2v) is 5.39. The molecule has 1 fully saturated rings. The lowest BCUT2D eigenvalue weighted by Crippen LogP contribution is -2.03. The third-order valence-corrected chi connectivity index (χ3v) is 3.71. The Kier molecular flexibility index (Phi) is 3.43. The van der Waals surface area contributed by atoms with Crippen LogP contribution in [-0.2, 0) is 6.54 Å². The number of hydrogen-bond donors (Lipinski definition) is 1. The molecule has 0 unspecified atom stereocenters. The van der Waals surface area contributed by atoms with Gasteiger partial charge in [-0.25, -0.2) is 4.39 Å². The highest BCUT2D eigenvalue weighted by molar-refractivity contribution is 6.30. The summed E-state index contributed by atoms with van der Waals surface area (Å²) in [4.78, 5) is 0. The molecule has 98 valence electrons. The van der Waals surface area contributed by atoms with Crippen molar-refractivity contribution in [2.24, 2.45) is 0 Å². The van der Waals surface area contributed by atoms with E-state index in [0.717, 1.165) is 0 Å². The molecule has 3 heteroatoms. The normalized spacial score (nSPS) is 14.4. The second-order valence-electron chi connectivity index (χ2n) is 4.95. The van der Waals surface area contributed by atoms with Gasteiger partial charge in [-0.05, 0) is 48.1 Å². The van der Waals surface area contributed by atoms with Gasteiger partial charge in [-0.1, -0.05) is 35.9 Å². The predicted molar refractivity (Wildman–Crippen MR) is 77.2 cm³/mol. The van der Waals surface area contributed by atoms with Gasteiger partial charge in [0.25, 0.3) is 0 Å². The molecule has 1 aliphatic carbocycles. The Morgan fingerprint density at radius 2 is 1.95 bits per heavy atom. The van der Waals surface area contributed by atoms with E-state index >= 15 is 0 Å². The molecule has 0 heterocycles. The van der Waals surface area contributed by atoms with Gasteiger partial charge < -0.3 is 5.32 Å². The molecule has 19 heavy (non-hydrogen) atoms. The highest BCUT2D eigenvalue weighted by Crippen LogP contribution is 2.41. The molecule has 1 N–H and O–H groups in total. The molecule has 0 amide bonds. The van der Waals surface area contributed by atoms with E-state index in [1.807, 2.05) is 6.07 Å².